The van der Waals surface area contributed by atoms with Gasteiger partial charge >= 0.3 is 0 Å². The lowest BCUT2D eigenvalue weighted by Crippen LogP contribution is -2.43. The van der Waals surface area contributed by atoms with Crippen LogP contribution in [0.3, 0.4) is 0 Å². The lowest BCUT2D eigenvalue weighted by atomic mass is 10.3. The number of hydrogen-bond donors (Lipinski definition) is 1. The molecule has 1 aliphatic rings. The van der Waals surface area contributed by atoms with Gasteiger partial charge in [-0.15, -0.1) is 0 Å². The molecule has 1 heterocycles. The summed E-state index contributed by atoms with van der Waals surface area (Å²) in [5, 5.41) is 0. The summed E-state index contributed by atoms with van der Waals surface area (Å²) in [5.41, 5.74) is 5.41. The van der Waals surface area contributed by atoms with Gasteiger partial charge in [-0.2, -0.15) is 0 Å². The van der Waals surface area contributed by atoms with Gasteiger partial charge in [-0.3, -0.25) is 0 Å². The van der Waals surface area contributed by atoms with Crippen molar-refractivity contribution in [1.29, 1.82) is 0 Å². The van der Waals surface area contributed by atoms with Gasteiger partial charge in [0.1, 0.15) is 0 Å². The zero-order valence-electron chi connectivity index (χ0n) is 5.84. The normalized spacial score (nSPS) is 30.7. The van der Waals surface area contributed by atoms with Crippen LogP contribution >= 0.6 is 0 Å². The molecule has 0 aromatic carbocycles. The third kappa shape index (κ3) is 1.93. The number of likely N-dealkylation sites (N-methyl/N-ethyl adjacent to an activating group) is 1. The van der Waals surface area contributed by atoms with E-state index in [4.69, 9.17) is 10.5 Å². The molecule has 0 aliphatic carbocycles. The molecule has 0 amide bonds. The molecule has 1 aliphatic heterocycles. The van der Waals surface area contributed by atoms with Crippen LogP contribution in [0.2, 0.25) is 0 Å². The Morgan fingerprint density at radius 3 is 3.00 bits per heavy atom. The molecule has 9 heavy (non-hydrogen) atoms. The van der Waals surface area contributed by atoms with E-state index >= 15 is 0 Å². The molecule has 3 nitrogen and oxygen atoms in total. The van der Waals surface area contributed by atoms with E-state index in [9.17, 15) is 0 Å². The lowest BCUT2D eigenvalue weighted by Gasteiger charge is -2.28. The predicted octanol–water partition coefficient (Wildman–Crippen LogP) is -0.724. The van der Waals surface area contributed by atoms with E-state index in [0.29, 0.717) is 6.54 Å². The minimum absolute atomic E-state index is 0.267. The van der Waals surface area contributed by atoms with Gasteiger partial charge in [0, 0.05) is 19.6 Å². The highest BCUT2D eigenvalue weighted by Crippen LogP contribution is 1.99. The first-order valence-corrected chi connectivity index (χ1v) is 3.33. The first-order chi connectivity index (χ1) is 4.33. The maximum Gasteiger partial charge on any atom is 0.0824 e. The number of ether oxygens (including phenoxy) is 1. The molecule has 0 bridgehead atoms. The van der Waals surface area contributed by atoms with Gasteiger partial charge in [0.2, 0.25) is 0 Å². The zero-order chi connectivity index (χ0) is 6.69. The third-order valence-corrected chi connectivity index (χ3v) is 1.60. The van der Waals surface area contributed by atoms with Crippen molar-refractivity contribution < 1.29 is 4.74 Å². The van der Waals surface area contributed by atoms with E-state index in [1.165, 1.54) is 0 Å². The van der Waals surface area contributed by atoms with Crippen molar-refractivity contribution in [2.75, 3.05) is 33.3 Å². The summed E-state index contributed by atoms with van der Waals surface area (Å²) >= 11 is 0. The van der Waals surface area contributed by atoms with E-state index in [1.807, 2.05) is 0 Å². The summed E-state index contributed by atoms with van der Waals surface area (Å²) in [5.74, 6) is 0. The molecule has 0 aromatic rings. The van der Waals surface area contributed by atoms with Gasteiger partial charge in [0.15, 0.2) is 0 Å². The first kappa shape index (κ1) is 6.99. The van der Waals surface area contributed by atoms with Crippen LogP contribution in [0.15, 0.2) is 0 Å². The number of rotatable bonds is 1. The van der Waals surface area contributed by atoms with Crippen molar-refractivity contribution in [1.82, 2.24) is 4.90 Å². The highest BCUT2D eigenvalue weighted by atomic mass is 16.5. The highest BCUT2D eigenvalue weighted by Gasteiger charge is 2.14. The van der Waals surface area contributed by atoms with Crippen molar-refractivity contribution >= 4 is 0 Å². The number of hydrogen-bond acceptors (Lipinski definition) is 3. The largest absolute Gasteiger partial charge is 0.374 e. The van der Waals surface area contributed by atoms with E-state index in [2.05, 4.69) is 11.9 Å². The van der Waals surface area contributed by atoms with Gasteiger partial charge in [0.25, 0.3) is 0 Å². The van der Waals surface area contributed by atoms with Crippen LogP contribution in [0.25, 0.3) is 0 Å². The maximum absolute atomic E-state index is 5.41. The van der Waals surface area contributed by atoms with E-state index in [1.54, 1.807) is 0 Å². The van der Waals surface area contributed by atoms with Crippen LogP contribution in [0, 0.1) is 0 Å². The molecule has 54 valence electrons. The van der Waals surface area contributed by atoms with Crippen LogP contribution < -0.4 is 5.73 Å². The monoisotopic (exact) mass is 130 g/mol. The Balaban J connectivity index is 2.23. The average Bonchev–Trinajstić information content (AvgIpc) is 1.88. The van der Waals surface area contributed by atoms with E-state index in [-0.39, 0.29) is 6.10 Å². The molecule has 0 saturated carbocycles. The van der Waals surface area contributed by atoms with Gasteiger partial charge in [-0.05, 0) is 7.05 Å². The van der Waals surface area contributed by atoms with Crippen LogP contribution in [0.5, 0.6) is 0 Å². The molecular weight excluding hydrogens is 116 g/mol. The molecule has 0 aromatic heterocycles. The minimum atomic E-state index is 0.267. The molecule has 0 unspecified atom stereocenters. The summed E-state index contributed by atoms with van der Waals surface area (Å²) in [4.78, 5) is 2.24. The van der Waals surface area contributed by atoms with Gasteiger partial charge in [-0.25, -0.2) is 0 Å². The first-order valence-electron chi connectivity index (χ1n) is 3.33. The van der Waals surface area contributed by atoms with E-state index < -0.39 is 0 Å². The van der Waals surface area contributed by atoms with Gasteiger partial charge < -0.3 is 15.4 Å². The topological polar surface area (TPSA) is 38.5 Å². The molecule has 0 radical (unpaired) electrons. The van der Waals surface area contributed by atoms with E-state index in [0.717, 1.165) is 19.7 Å². The molecule has 1 atom stereocenters. The molecular formula is C6H14N2O. The lowest BCUT2D eigenvalue weighted by molar-refractivity contribution is -0.0138. The quantitative estimate of drug-likeness (QED) is 0.509. The number of morpholine rings is 1. The van der Waals surface area contributed by atoms with Crippen molar-refractivity contribution in [3.05, 3.63) is 0 Å². The molecule has 1 saturated heterocycles. The summed E-state index contributed by atoms with van der Waals surface area (Å²) in [6.45, 7) is 3.50. The summed E-state index contributed by atoms with van der Waals surface area (Å²) in [6, 6.07) is 0. The number of nitrogens with zero attached hydrogens (tertiary/aromatic N) is 1. The summed E-state index contributed by atoms with van der Waals surface area (Å²) in [6.07, 6.45) is 0.267. The fraction of sp³-hybridized carbons (Fsp3) is 1.00. The Morgan fingerprint density at radius 1 is 1.78 bits per heavy atom. The smallest absolute Gasteiger partial charge is 0.0824 e. The van der Waals surface area contributed by atoms with Crippen LogP contribution in [0.4, 0.5) is 0 Å². The summed E-state index contributed by atoms with van der Waals surface area (Å²) in [7, 11) is 2.09. The van der Waals surface area contributed by atoms with Crippen molar-refractivity contribution in [2.24, 2.45) is 5.73 Å². The summed E-state index contributed by atoms with van der Waals surface area (Å²) < 4.78 is 5.33. The molecule has 1 rings (SSSR count). The molecule has 1 fully saturated rings. The van der Waals surface area contributed by atoms with Crippen molar-refractivity contribution in [2.45, 2.75) is 6.10 Å². The Hall–Kier alpha value is -0.120. The van der Waals surface area contributed by atoms with Crippen LogP contribution in [-0.2, 0) is 4.74 Å². The zero-order valence-corrected chi connectivity index (χ0v) is 5.84. The molecule has 3 heteroatoms. The highest BCUT2D eigenvalue weighted by molar-refractivity contribution is 4.68. The number of nitrogens with two attached hydrogens (primary N) is 1. The van der Waals surface area contributed by atoms with Crippen molar-refractivity contribution in [3.63, 3.8) is 0 Å². The minimum Gasteiger partial charge on any atom is -0.374 e. The average molecular weight is 130 g/mol. The van der Waals surface area contributed by atoms with Crippen LogP contribution in [0.1, 0.15) is 0 Å². The Labute approximate surface area is 55.8 Å². The maximum atomic E-state index is 5.41. The standard InChI is InChI=1S/C6H14N2O/c1-8-2-3-9-6(4-7)5-8/h6H,2-5,7H2,1H3/t6-/m0/s1. The second-order valence-electron chi connectivity index (χ2n) is 2.49. The molecule has 2 N–H and O–H groups in total. The fourth-order valence-electron chi connectivity index (χ4n) is 1.01. The van der Waals surface area contributed by atoms with Gasteiger partial charge in [0.05, 0.1) is 12.7 Å². The SMILES string of the molecule is CN1CCO[C@@H](CN)C1. The fourth-order valence-corrected chi connectivity index (χ4v) is 1.01. The van der Waals surface area contributed by atoms with Crippen LogP contribution in [-0.4, -0.2) is 44.3 Å². The predicted molar refractivity (Wildman–Crippen MR) is 36.3 cm³/mol. The Bertz CT molecular complexity index is 87.1. The third-order valence-electron chi connectivity index (χ3n) is 1.60. The molecule has 0 spiro atoms. The Morgan fingerprint density at radius 2 is 2.56 bits per heavy atom. The second kappa shape index (κ2) is 3.15. The Kier molecular flexibility index (Phi) is 2.45. The second-order valence-corrected chi connectivity index (χ2v) is 2.49. The van der Waals surface area contributed by atoms with Crippen molar-refractivity contribution in [3.8, 4) is 0 Å². The van der Waals surface area contributed by atoms with Gasteiger partial charge in [-0.1, -0.05) is 0 Å².